The van der Waals surface area contributed by atoms with Crippen molar-refractivity contribution < 1.29 is 0 Å². The van der Waals surface area contributed by atoms with E-state index in [-0.39, 0.29) is 0 Å². The Labute approximate surface area is 392 Å². The van der Waals surface area contributed by atoms with Crippen molar-refractivity contribution in [3.05, 3.63) is 218 Å². The zero-order valence-corrected chi connectivity index (χ0v) is 36.8. The lowest BCUT2D eigenvalue weighted by molar-refractivity contribution is 0.937. The lowest BCUT2D eigenvalue weighted by Gasteiger charge is -2.10. The molecule has 0 fully saturated rings. The lowest BCUT2D eigenvalue weighted by atomic mass is 10.0. The number of hydrogen-bond donors (Lipinski definition) is 0. The molecule has 0 spiro atoms. The molecule has 0 atom stereocenters. The molecule has 6 heterocycles. The average molecular weight is 885 g/mol. The van der Waals surface area contributed by atoms with E-state index in [1.165, 1.54) is 16.3 Å². The third kappa shape index (κ3) is 5.57. The second kappa shape index (κ2) is 14.4. The van der Waals surface area contributed by atoms with Crippen LogP contribution in [0.2, 0.25) is 0 Å². The first kappa shape index (κ1) is 37.5. The number of imidazole rings is 4. The minimum atomic E-state index is 0.491. The van der Waals surface area contributed by atoms with Gasteiger partial charge in [0.25, 0.3) is 0 Å². The van der Waals surface area contributed by atoms with Gasteiger partial charge in [0.15, 0.2) is 11.6 Å². The molecule has 0 saturated heterocycles. The van der Waals surface area contributed by atoms with Gasteiger partial charge in [0, 0.05) is 27.6 Å². The van der Waals surface area contributed by atoms with Crippen molar-refractivity contribution in [1.29, 1.82) is 0 Å². The summed E-state index contributed by atoms with van der Waals surface area (Å²) in [6, 6.07) is 76.3. The van der Waals surface area contributed by atoms with E-state index in [2.05, 4.69) is 174 Å². The van der Waals surface area contributed by atoms with E-state index in [1.807, 2.05) is 66.7 Å². The van der Waals surface area contributed by atoms with Crippen LogP contribution in [0.1, 0.15) is 0 Å². The van der Waals surface area contributed by atoms with Crippen molar-refractivity contribution in [3.63, 3.8) is 0 Å². The fourth-order valence-corrected chi connectivity index (χ4v) is 10.5. The number of para-hydroxylation sites is 6. The van der Waals surface area contributed by atoms with Crippen LogP contribution in [0, 0.1) is 0 Å². The number of hydrogen-bond acceptors (Lipinski definition) is 5. The van der Waals surface area contributed by atoms with Crippen LogP contribution >= 0.6 is 0 Å². The van der Waals surface area contributed by atoms with Crippen molar-refractivity contribution in [1.82, 2.24) is 47.4 Å². The Hall–Kier alpha value is -9.67. The number of aromatic nitrogens is 10. The number of benzene rings is 9. The molecule has 6 aromatic heterocycles. The van der Waals surface area contributed by atoms with Crippen LogP contribution in [0.5, 0.6) is 0 Å². The SMILES string of the molecule is c1ccc(-c2nc(-c3ccccc3)nc(-n3c4ccc(-c5ccc6c(c5)n5c7ccccc7nc5n6-c5ccc6c7ccccc7n(-c7ccccc7)c6c5)cc4n4c5ccccc5nc34)n2)cc1. The van der Waals surface area contributed by atoms with Gasteiger partial charge in [-0.25, -0.2) is 19.5 Å². The van der Waals surface area contributed by atoms with Crippen LogP contribution in [-0.4, -0.2) is 47.4 Å². The van der Waals surface area contributed by atoms with Gasteiger partial charge in [0.05, 0.1) is 60.9 Å². The predicted molar refractivity (Wildman–Crippen MR) is 277 cm³/mol. The van der Waals surface area contributed by atoms with Crippen molar-refractivity contribution in [2.45, 2.75) is 0 Å². The van der Waals surface area contributed by atoms with E-state index in [1.54, 1.807) is 0 Å². The maximum absolute atomic E-state index is 5.30. The van der Waals surface area contributed by atoms with Crippen LogP contribution in [0.3, 0.4) is 0 Å². The molecule has 15 aromatic rings. The van der Waals surface area contributed by atoms with Crippen LogP contribution < -0.4 is 0 Å². The van der Waals surface area contributed by atoms with Crippen LogP contribution in [0.25, 0.3) is 129 Å². The topological polar surface area (TPSA) is 88.1 Å². The Kier molecular flexibility index (Phi) is 7.84. The molecule has 0 bridgehead atoms. The maximum Gasteiger partial charge on any atom is 0.241 e. The molecule has 10 nitrogen and oxygen atoms in total. The van der Waals surface area contributed by atoms with E-state index in [0.29, 0.717) is 17.6 Å². The van der Waals surface area contributed by atoms with Gasteiger partial charge in [-0.05, 0) is 90.0 Å². The standard InChI is InChI=1S/C59H36N10/c1-4-16-37(17-5-1)55-62-56(38-18-6-2-7-19-38)64-57(63-55)69-51-33-29-40(35-54(51)68-49-27-15-12-24-46(49)61-59(68)69)39-28-32-50-53(34-39)67-48-26-14-11-23-45(48)60-58(67)66(50)42-30-31-44-43-22-10-13-25-47(43)65(52(44)36-42)41-20-8-3-9-21-41/h1-36H. The summed E-state index contributed by atoms with van der Waals surface area (Å²) >= 11 is 0. The summed E-state index contributed by atoms with van der Waals surface area (Å²) in [6.07, 6.45) is 0. The molecule has 0 aliphatic rings. The smallest absolute Gasteiger partial charge is 0.241 e. The summed E-state index contributed by atoms with van der Waals surface area (Å²) < 4.78 is 11.3. The molecule has 0 amide bonds. The van der Waals surface area contributed by atoms with Gasteiger partial charge >= 0.3 is 0 Å². The summed E-state index contributed by atoms with van der Waals surface area (Å²) in [5, 5.41) is 2.42. The van der Waals surface area contributed by atoms with Gasteiger partial charge in [-0.1, -0.05) is 140 Å². The zero-order valence-electron chi connectivity index (χ0n) is 36.8. The van der Waals surface area contributed by atoms with E-state index in [9.17, 15) is 0 Å². The summed E-state index contributed by atoms with van der Waals surface area (Å²) in [7, 11) is 0. The predicted octanol–water partition coefficient (Wildman–Crippen LogP) is 13.5. The van der Waals surface area contributed by atoms with Gasteiger partial charge < -0.3 is 4.57 Å². The Bertz CT molecular complexity index is 4480. The van der Waals surface area contributed by atoms with E-state index < -0.39 is 0 Å². The minimum absolute atomic E-state index is 0.491. The second-order valence-electron chi connectivity index (χ2n) is 17.5. The third-order valence-corrected chi connectivity index (χ3v) is 13.6. The van der Waals surface area contributed by atoms with Crippen molar-refractivity contribution in [2.24, 2.45) is 0 Å². The van der Waals surface area contributed by atoms with Crippen LogP contribution in [0.15, 0.2) is 218 Å². The summed E-state index contributed by atoms with van der Waals surface area (Å²) in [5.41, 5.74) is 16.3. The number of fused-ring (bicyclic) bond motifs is 13. The molecular weight excluding hydrogens is 849 g/mol. The molecule has 0 aliphatic carbocycles. The molecule has 0 radical (unpaired) electrons. The fourth-order valence-electron chi connectivity index (χ4n) is 10.5. The summed E-state index contributed by atoms with van der Waals surface area (Å²) in [5.74, 6) is 3.24. The molecule has 10 heteroatoms. The summed E-state index contributed by atoms with van der Waals surface area (Å²) in [4.78, 5) is 25.8. The Morgan fingerprint density at radius 2 is 0.754 bits per heavy atom. The molecule has 15 rings (SSSR count). The highest BCUT2D eigenvalue weighted by atomic mass is 15.3. The first-order chi connectivity index (χ1) is 34.2. The largest absolute Gasteiger partial charge is 0.309 e. The molecule has 69 heavy (non-hydrogen) atoms. The quantitative estimate of drug-likeness (QED) is 0.166. The molecular formula is C59H36N10. The minimum Gasteiger partial charge on any atom is -0.309 e. The normalized spacial score (nSPS) is 12.1. The van der Waals surface area contributed by atoms with Gasteiger partial charge in [0.1, 0.15) is 0 Å². The monoisotopic (exact) mass is 884 g/mol. The zero-order chi connectivity index (χ0) is 45.2. The third-order valence-electron chi connectivity index (χ3n) is 13.6. The van der Waals surface area contributed by atoms with Gasteiger partial charge in [-0.2, -0.15) is 9.97 Å². The molecule has 0 unspecified atom stereocenters. The maximum atomic E-state index is 5.30. The first-order valence-corrected chi connectivity index (χ1v) is 23.0. The lowest BCUT2D eigenvalue weighted by Crippen LogP contribution is -2.07. The van der Waals surface area contributed by atoms with Crippen molar-refractivity contribution in [2.75, 3.05) is 0 Å². The Morgan fingerprint density at radius 3 is 1.36 bits per heavy atom. The Morgan fingerprint density at radius 1 is 0.261 bits per heavy atom. The van der Waals surface area contributed by atoms with E-state index >= 15 is 0 Å². The van der Waals surface area contributed by atoms with Crippen molar-refractivity contribution >= 4 is 77.5 Å². The Balaban J connectivity index is 0.947. The van der Waals surface area contributed by atoms with Gasteiger partial charge in [0.2, 0.25) is 17.5 Å². The number of rotatable bonds is 6. The molecule has 0 saturated carbocycles. The highest BCUT2D eigenvalue weighted by Crippen LogP contribution is 2.38. The first-order valence-electron chi connectivity index (χ1n) is 23.0. The van der Waals surface area contributed by atoms with Crippen LogP contribution in [0.4, 0.5) is 0 Å². The fraction of sp³-hybridized carbons (Fsp3) is 0. The highest BCUT2D eigenvalue weighted by molar-refractivity contribution is 6.10. The number of nitrogens with zero attached hydrogens (tertiary/aromatic N) is 10. The molecule has 0 N–H and O–H groups in total. The van der Waals surface area contributed by atoms with E-state index in [4.69, 9.17) is 24.9 Å². The van der Waals surface area contributed by atoms with Crippen molar-refractivity contribution in [3.8, 4) is 51.2 Å². The van der Waals surface area contributed by atoms with Gasteiger partial charge in [-0.3, -0.25) is 13.4 Å². The van der Waals surface area contributed by atoms with E-state index in [0.717, 1.165) is 94.8 Å². The average Bonchev–Trinajstić information content (AvgIpc) is 4.21. The second-order valence-corrected chi connectivity index (χ2v) is 17.5. The molecule has 322 valence electrons. The highest BCUT2D eigenvalue weighted by Gasteiger charge is 2.24. The molecule has 9 aromatic carbocycles. The summed E-state index contributed by atoms with van der Waals surface area (Å²) in [6.45, 7) is 0. The van der Waals surface area contributed by atoms with Gasteiger partial charge in [-0.15, -0.1) is 0 Å². The molecule has 0 aliphatic heterocycles. The van der Waals surface area contributed by atoms with Crippen LogP contribution in [-0.2, 0) is 0 Å².